The molecule has 0 radical (unpaired) electrons. The van der Waals surface area contributed by atoms with Gasteiger partial charge in [-0.3, -0.25) is 0 Å². The zero-order valence-corrected chi connectivity index (χ0v) is 22.6. The lowest BCUT2D eigenvalue weighted by atomic mass is 10.1. The van der Waals surface area contributed by atoms with Gasteiger partial charge >= 0.3 is 0 Å². The Bertz CT molecular complexity index is 525. The van der Waals surface area contributed by atoms with Crippen LogP contribution >= 0.6 is 0 Å². The predicted octanol–water partition coefficient (Wildman–Crippen LogP) is 11.0. The molecule has 0 saturated heterocycles. The summed E-state index contributed by atoms with van der Waals surface area (Å²) in [5.74, 6) is 0. The Morgan fingerprint density at radius 3 is 1.30 bits per heavy atom. The van der Waals surface area contributed by atoms with E-state index in [4.69, 9.17) is 0 Å². The van der Waals surface area contributed by atoms with Gasteiger partial charge in [0.25, 0.3) is 0 Å². The molecule has 1 aromatic rings. The van der Waals surface area contributed by atoms with Crippen LogP contribution in [0.15, 0.2) is 30.8 Å². The molecular weight excluding hydrogens is 398 g/mol. The van der Waals surface area contributed by atoms with Crippen molar-refractivity contribution in [1.82, 2.24) is 0 Å². The first-order chi connectivity index (χ1) is 16.3. The Labute approximate surface area is 208 Å². The van der Waals surface area contributed by atoms with Crippen LogP contribution in [0, 0.1) is 0 Å². The molecule has 0 saturated carbocycles. The smallest absolute Gasteiger partial charge is 0.0439 e. The molecule has 0 aliphatic heterocycles. The van der Waals surface area contributed by atoms with Gasteiger partial charge in [-0.25, -0.2) is 0 Å². The summed E-state index contributed by atoms with van der Waals surface area (Å²) in [6.07, 6.45) is 30.1. The minimum absolute atomic E-state index is 1.19. The number of unbranched alkanes of at least 4 members (excludes halogenated alkanes) is 18. The lowest BCUT2D eigenvalue weighted by Crippen LogP contribution is -2.26. The first-order valence-corrected chi connectivity index (χ1v) is 14.8. The van der Waals surface area contributed by atoms with E-state index in [1.54, 1.807) is 0 Å². The van der Waals surface area contributed by atoms with Gasteiger partial charge in [-0.15, -0.1) is 0 Å². The number of hydrogen-bond acceptors (Lipinski definition) is 1. The summed E-state index contributed by atoms with van der Waals surface area (Å²) in [5, 5.41) is 0. The first-order valence-electron chi connectivity index (χ1n) is 14.8. The molecule has 0 aliphatic carbocycles. The minimum atomic E-state index is 1.19. The van der Waals surface area contributed by atoms with Gasteiger partial charge in [0, 0.05) is 18.8 Å². The second kappa shape index (κ2) is 22.5. The van der Waals surface area contributed by atoms with Crippen LogP contribution in [-0.4, -0.2) is 13.1 Å². The van der Waals surface area contributed by atoms with Gasteiger partial charge in [0.2, 0.25) is 0 Å². The van der Waals surface area contributed by atoms with E-state index < -0.39 is 0 Å². The Balaban J connectivity index is 2.26. The molecule has 1 nitrogen and oxygen atoms in total. The van der Waals surface area contributed by atoms with Gasteiger partial charge in [-0.2, -0.15) is 0 Å². The highest BCUT2D eigenvalue weighted by Crippen LogP contribution is 2.23. The fourth-order valence-corrected chi connectivity index (χ4v) is 4.88. The Kier molecular flexibility index (Phi) is 20.4. The summed E-state index contributed by atoms with van der Waals surface area (Å²) in [7, 11) is 0. The van der Waals surface area contributed by atoms with Gasteiger partial charge in [-0.1, -0.05) is 160 Å². The molecule has 0 spiro atoms. The summed E-state index contributed by atoms with van der Waals surface area (Å²) in [4.78, 5) is 2.65. The van der Waals surface area contributed by atoms with Crippen molar-refractivity contribution in [3.63, 3.8) is 0 Å². The molecule has 0 amide bonds. The third-order valence-corrected chi connectivity index (χ3v) is 7.06. The quantitative estimate of drug-likeness (QED) is 0.140. The molecule has 190 valence electrons. The van der Waals surface area contributed by atoms with E-state index in [1.807, 2.05) is 6.08 Å². The lowest BCUT2D eigenvalue weighted by molar-refractivity contribution is 0.543. The van der Waals surface area contributed by atoms with Gasteiger partial charge in [0.05, 0.1) is 0 Å². The predicted molar refractivity (Wildman–Crippen MR) is 152 cm³/mol. The molecular formula is C32H57N. The van der Waals surface area contributed by atoms with Crippen LogP contribution in [0.3, 0.4) is 0 Å². The highest BCUT2D eigenvalue weighted by atomic mass is 15.1. The van der Waals surface area contributed by atoms with E-state index >= 15 is 0 Å². The SMILES string of the molecule is C=Cc1ccccc1N(CCCCCCCCCCCC)CCCCCCCCCCCC. The van der Waals surface area contributed by atoms with Gasteiger partial charge in [-0.05, 0) is 24.5 Å². The molecule has 0 unspecified atom stereocenters. The Morgan fingerprint density at radius 1 is 0.545 bits per heavy atom. The van der Waals surface area contributed by atoms with Gasteiger partial charge < -0.3 is 4.90 Å². The van der Waals surface area contributed by atoms with Crippen LogP contribution in [0.1, 0.15) is 148 Å². The molecule has 33 heavy (non-hydrogen) atoms. The third kappa shape index (κ3) is 16.1. The van der Waals surface area contributed by atoms with Gasteiger partial charge in [0.15, 0.2) is 0 Å². The third-order valence-electron chi connectivity index (χ3n) is 7.06. The molecule has 0 aromatic heterocycles. The van der Waals surface area contributed by atoms with Crippen molar-refractivity contribution < 1.29 is 0 Å². The lowest BCUT2D eigenvalue weighted by Gasteiger charge is -2.27. The molecule has 0 N–H and O–H groups in total. The molecule has 0 atom stereocenters. The van der Waals surface area contributed by atoms with E-state index in [9.17, 15) is 0 Å². The van der Waals surface area contributed by atoms with Crippen LogP contribution in [0.25, 0.3) is 6.08 Å². The zero-order valence-electron chi connectivity index (χ0n) is 22.6. The maximum atomic E-state index is 4.06. The van der Waals surface area contributed by atoms with Crippen LogP contribution in [0.4, 0.5) is 5.69 Å². The van der Waals surface area contributed by atoms with Crippen molar-refractivity contribution >= 4 is 11.8 Å². The van der Waals surface area contributed by atoms with Crippen LogP contribution < -0.4 is 4.90 Å². The topological polar surface area (TPSA) is 3.24 Å². The summed E-state index contributed by atoms with van der Waals surface area (Å²) in [6.45, 7) is 11.0. The zero-order chi connectivity index (χ0) is 23.8. The van der Waals surface area contributed by atoms with Crippen molar-refractivity contribution in [3.05, 3.63) is 36.4 Å². The monoisotopic (exact) mass is 455 g/mol. The van der Waals surface area contributed by atoms with E-state index in [1.165, 1.54) is 153 Å². The second-order valence-corrected chi connectivity index (χ2v) is 10.1. The molecule has 0 heterocycles. The average molecular weight is 456 g/mol. The Hall–Kier alpha value is -1.24. The number of nitrogens with zero attached hydrogens (tertiary/aromatic N) is 1. The summed E-state index contributed by atoms with van der Waals surface area (Å²) >= 11 is 0. The highest BCUT2D eigenvalue weighted by molar-refractivity contribution is 5.66. The van der Waals surface area contributed by atoms with Gasteiger partial charge in [0.1, 0.15) is 0 Å². The molecule has 0 aliphatic rings. The van der Waals surface area contributed by atoms with E-state index in [0.717, 1.165) is 0 Å². The van der Waals surface area contributed by atoms with Crippen molar-refractivity contribution in [2.24, 2.45) is 0 Å². The summed E-state index contributed by atoms with van der Waals surface area (Å²) in [5.41, 5.74) is 2.68. The van der Waals surface area contributed by atoms with Crippen molar-refractivity contribution in [2.75, 3.05) is 18.0 Å². The van der Waals surface area contributed by atoms with Crippen LogP contribution in [-0.2, 0) is 0 Å². The summed E-state index contributed by atoms with van der Waals surface area (Å²) < 4.78 is 0. The molecule has 0 bridgehead atoms. The highest BCUT2D eigenvalue weighted by Gasteiger charge is 2.09. The molecule has 0 fully saturated rings. The maximum absolute atomic E-state index is 4.06. The largest absolute Gasteiger partial charge is 0.371 e. The van der Waals surface area contributed by atoms with E-state index in [-0.39, 0.29) is 0 Å². The van der Waals surface area contributed by atoms with Crippen LogP contribution in [0.2, 0.25) is 0 Å². The minimum Gasteiger partial charge on any atom is -0.371 e. The number of para-hydroxylation sites is 1. The summed E-state index contributed by atoms with van der Waals surface area (Å²) in [6, 6.07) is 8.84. The maximum Gasteiger partial charge on any atom is 0.0439 e. The first kappa shape index (κ1) is 29.8. The fourth-order valence-electron chi connectivity index (χ4n) is 4.88. The average Bonchev–Trinajstić information content (AvgIpc) is 2.85. The number of hydrogen-bond donors (Lipinski definition) is 0. The fraction of sp³-hybridized carbons (Fsp3) is 0.750. The number of anilines is 1. The molecule has 1 heteroatoms. The standard InChI is InChI=1S/C32H57N/c1-4-7-9-11-13-15-17-19-21-25-29-33(32-28-24-23-27-31(32)6-3)30-26-22-20-18-16-14-12-10-8-5-2/h6,23-24,27-28H,3-5,7-22,25-26,29-30H2,1-2H3. The number of rotatable bonds is 24. The number of benzene rings is 1. The van der Waals surface area contributed by atoms with Crippen molar-refractivity contribution in [2.45, 2.75) is 142 Å². The van der Waals surface area contributed by atoms with Crippen molar-refractivity contribution in [1.29, 1.82) is 0 Å². The van der Waals surface area contributed by atoms with Crippen LogP contribution in [0.5, 0.6) is 0 Å². The van der Waals surface area contributed by atoms with E-state index in [2.05, 4.69) is 49.6 Å². The normalized spacial score (nSPS) is 11.1. The van der Waals surface area contributed by atoms with Crippen molar-refractivity contribution in [3.8, 4) is 0 Å². The second-order valence-electron chi connectivity index (χ2n) is 10.1. The molecule has 1 rings (SSSR count). The van der Waals surface area contributed by atoms with E-state index in [0.29, 0.717) is 0 Å². The molecule has 1 aromatic carbocycles. The Morgan fingerprint density at radius 2 is 0.909 bits per heavy atom.